The molecule has 0 radical (unpaired) electrons. The van der Waals surface area contributed by atoms with Crippen LogP contribution in [0.3, 0.4) is 0 Å². The Balaban J connectivity index is 1.61. The molecule has 2 fully saturated rings. The molecule has 2 aliphatic heterocycles. The summed E-state index contributed by atoms with van der Waals surface area (Å²) in [7, 11) is 0. The molecule has 114 valence electrons. The SMILES string of the molecule is O=[N+]([O-])c1ccc(C2CN3CSC4C(O)=CC=CC43N2)cc1. The maximum Gasteiger partial charge on any atom is 0.269 e. The van der Waals surface area contributed by atoms with Crippen molar-refractivity contribution in [2.24, 2.45) is 0 Å². The second-order valence-corrected chi connectivity index (χ2v) is 6.78. The molecule has 0 aromatic heterocycles. The molecule has 1 spiro atoms. The van der Waals surface area contributed by atoms with Crippen molar-refractivity contribution in [2.45, 2.75) is 17.0 Å². The van der Waals surface area contributed by atoms with E-state index in [1.54, 1.807) is 42.1 Å². The number of nitro benzene ring substituents is 1. The average molecular weight is 317 g/mol. The van der Waals surface area contributed by atoms with Gasteiger partial charge in [0.2, 0.25) is 0 Å². The summed E-state index contributed by atoms with van der Waals surface area (Å²) in [5.74, 6) is 1.25. The van der Waals surface area contributed by atoms with E-state index in [1.165, 1.54) is 0 Å². The van der Waals surface area contributed by atoms with Gasteiger partial charge in [-0.15, -0.1) is 11.8 Å². The first kappa shape index (κ1) is 13.8. The fraction of sp³-hybridized carbons (Fsp3) is 0.333. The summed E-state index contributed by atoms with van der Waals surface area (Å²) in [6.45, 7) is 0.818. The number of nitrogens with zero attached hydrogens (tertiary/aromatic N) is 2. The molecule has 22 heavy (non-hydrogen) atoms. The van der Waals surface area contributed by atoms with Gasteiger partial charge in [-0.2, -0.15) is 0 Å². The van der Waals surface area contributed by atoms with Crippen molar-refractivity contribution in [1.29, 1.82) is 0 Å². The van der Waals surface area contributed by atoms with Crippen LogP contribution in [0.4, 0.5) is 5.69 Å². The number of allylic oxidation sites excluding steroid dienone is 2. The molecule has 2 N–H and O–H groups in total. The van der Waals surface area contributed by atoms with Crippen LogP contribution >= 0.6 is 11.8 Å². The normalized spacial score (nSPS) is 33.4. The van der Waals surface area contributed by atoms with E-state index in [-0.39, 0.29) is 27.6 Å². The van der Waals surface area contributed by atoms with E-state index in [4.69, 9.17) is 0 Å². The van der Waals surface area contributed by atoms with Crippen LogP contribution in [0, 0.1) is 10.1 Å². The molecule has 0 saturated carbocycles. The number of rotatable bonds is 2. The number of hydrogen-bond acceptors (Lipinski definition) is 6. The number of nitrogens with one attached hydrogen (secondary N) is 1. The number of nitro groups is 1. The third kappa shape index (κ3) is 1.89. The van der Waals surface area contributed by atoms with Crippen LogP contribution in [-0.4, -0.2) is 38.3 Å². The van der Waals surface area contributed by atoms with Crippen molar-refractivity contribution in [3.05, 3.63) is 63.9 Å². The zero-order valence-electron chi connectivity index (χ0n) is 11.7. The monoisotopic (exact) mass is 317 g/mol. The highest BCUT2D eigenvalue weighted by molar-refractivity contribution is 8.00. The molecule has 6 nitrogen and oxygen atoms in total. The molecule has 2 heterocycles. The predicted octanol–water partition coefficient (Wildman–Crippen LogP) is 2.32. The van der Waals surface area contributed by atoms with Crippen LogP contribution in [-0.2, 0) is 0 Å². The highest BCUT2D eigenvalue weighted by Crippen LogP contribution is 2.47. The molecule has 1 aromatic rings. The van der Waals surface area contributed by atoms with Crippen molar-refractivity contribution >= 4 is 17.4 Å². The minimum absolute atomic E-state index is 0.000508. The quantitative estimate of drug-likeness (QED) is 0.644. The summed E-state index contributed by atoms with van der Waals surface area (Å²) >= 11 is 1.73. The van der Waals surface area contributed by atoms with Gasteiger partial charge in [0.15, 0.2) is 0 Å². The third-order valence-electron chi connectivity index (χ3n) is 4.52. The van der Waals surface area contributed by atoms with Crippen molar-refractivity contribution < 1.29 is 10.0 Å². The smallest absolute Gasteiger partial charge is 0.269 e. The van der Waals surface area contributed by atoms with E-state index in [0.29, 0.717) is 5.76 Å². The van der Waals surface area contributed by atoms with Crippen molar-refractivity contribution in [3.8, 4) is 0 Å². The molecule has 0 amide bonds. The maximum atomic E-state index is 10.8. The lowest BCUT2D eigenvalue weighted by atomic mass is 9.98. The van der Waals surface area contributed by atoms with Crippen LogP contribution in [0.2, 0.25) is 0 Å². The molecule has 3 aliphatic rings. The summed E-state index contributed by atoms with van der Waals surface area (Å²) in [6, 6.07) is 6.79. The van der Waals surface area contributed by atoms with Gasteiger partial charge >= 0.3 is 0 Å². The number of aliphatic hydroxyl groups is 1. The highest BCUT2D eigenvalue weighted by Gasteiger charge is 2.55. The molecule has 1 aliphatic carbocycles. The minimum Gasteiger partial charge on any atom is -0.511 e. The van der Waals surface area contributed by atoms with Crippen LogP contribution in [0.1, 0.15) is 11.6 Å². The van der Waals surface area contributed by atoms with Crippen molar-refractivity contribution in [3.63, 3.8) is 0 Å². The lowest BCUT2D eigenvalue weighted by Crippen LogP contribution is -2.54. The van der Waals surface area contributed by atoms with Gasteiger partial charge in [0.05, 0.1) is 10.2 Å². The molecular formula is C15H15N3O3S. The molecule has 3 unspecified atom stereocenters. The van der Waals surface area contributed by atoms with Gasteiger partial charge in [-0.1, -0.05) is 18.2 Å². The summed E-state index contributed by atoms with van der Waals surface area (Å²) in [5, 5.41) is 24.5. The Morgan fingerprint density at radius 1 is 1.41 bits per heavy atom. The van der Waals surface area contributed by atoms with E-state index in [0.717, 1.165) is 18.0 Å². The number of aliphatic hydroxyl groups excluding tert-OH is 1. The molecular weight excluding hydrogens is 302 g/mol. The lowest BCUT2D eigenvalue weighted by Gasteiger charge is -2.35. The topological polar surface area (TPSA) is 78.6 Å². The molecule has 1 aromatic carbocycles. The van der Waals surface area contributed by atoms with E-state index in [2.05, 4.69) is 16.3 Å². The van der Waals surface area contributed by atoms with E-state index in [1.807, 2.05) is 6.08 Å². The average Bonchev–Trinajstić information content (AvgIpc) is 3.02. The van der Waals surface area contributed by atoms with Crippen LogP contribution in [0.15, 0.2) is 48.3 Å². The fourth-order valence-electron chi connectivity index (χ4n) is 3.43. The maximum absolute atomic E-state index is 10.8. The van der Waals surface area contributed by atoms with Gasteiger partial charge in [0, 0.05) is 30.6 Å². The second kappa shape index (κ2) is 4.84. The first-order valence-corrected chi connectivity index (χ1v) is 8.12. The van der Waals surface area contributed by atoms with Gasteiger partial charge in [-0.25, -0.2) is 0 Å². The Kier molecular flexibility index (Phi) is 3.04. The number of thioether (sulfide) groups is 1. The molecule has 3 atom stereocenters. The van der Waals surface area contributed by atoms with Crippen LogP contribution < -0.4 is 5.32 Å². The fourth-order valence-corrected chi connectivity index (χ4v) is 4.88. The zero-order valence-corrected chi connectivity index (χ0v) is 12.5. The van der Waals surface area contributed by atoms with Gasteiger partial charge < -0.3 is 5.11 Å². The van der Waals surface area contributed by atoms with Crippen molar-refractivity contribution in [2.75, 3.05) is 12.4 Å². The largest absolute Gasteiger partial charge is 0.511 e. The second-order valence-electron chi connectivity index (χ2n) is 5.72. The van der Waals surface area contributed by atoms with Gasteiger partial charge in [0.25, 0.3) is 5.69 Å². The summed E-state index contributed by atoms with van der Waals surface area (Å²) in [5.41, 5.74) is 0.781. The molecule has 7 heteroatoms. The predicted molar refractivity (Wildman–Crippen MR) is 84.5 cm³/mol. The Morgan fingerprint density at radius 2 is 2.18 bits per heavy atom. The number of benzene rings is 1. The highest BCUT2D eigenvalue weighted by atomic mass is 32.2. The Hall–Kier alpha value is -1.83. The summed E-state index contributed by atoms with van der Waals surface area (Å²) < 4.78 is 0. The Morgan fingerprint density at radius 3 is 2.91 bits per heavy atom. The summed E-state index contributed by atoms with van der Waals surface area (Å²) in [6.07, 6.45) is 5.73. The molecule has 4 rings (SSSR count). The van der Waals surface area contributed by atoms with E-state index >= 15 is 0 Å². The van der Waals surface area contributed by atoms with Crippen LogP contribution in [0.25, 0.3) is 0 Å². The van der Waals surface area contributed by atoms with Gasteiger partial charge in [-0.05, 0) is 17.7 Å². The molecule has 0 bridgehead atoms. The van der Waals surface area contributed by atoms with Gasteiger partial charge in [-0.3, -0.25) is 20.3 Å². The Bertz CT molecular complexity index is 688. The summed E-state index contributed by atoms with van der Waals surface area (Å²) in [4.78, 5) is 12.7. The lowest BCUT2D eigenvalue weighted by molar-refractivity contribution is -0.384. The first-order chi connectivity index (χ1) is 10.6. The number of non-ortho nitro benzene ring substituents is 1. The van der Waals surface area contributed by atoms with E-state index < -0.39 is 0 Å². The number of hydrogen-bond donors (Lipinski definition) is 2. The van der Waals surface area contributed by atoms with Crippen LogP contribution in [0.5, 0.6) is 0 Å². The standard InChI is InChI=1S/C15H15N3O3S/c19-13-2-1-7-15-14(13)22-9-17(15)8-12(16-15)10-3-5-11(6-4-10)18(20)21/h1-7,12,14,16,19H,8-9H2. The first-order valence-electron chi connectivity index (χ1n) is 7.07. The van der Waals surface area contributed by atoms with Crippen molar-refractivity contribution in [1.82, 2.24) is 10.2 Å². The molecule has 2 saturated heterocycles. The zero-order chi connectivity index (χ0) is 15.3. The third-order valence-corrected chi connectivity index (χ3v) is 5.92. The Labute approximate surface area is 131 Å². The minimum atomic E-state index is -0.387. The van der Waals surface area contributed by atoms with Gasteiger partial charge in [0.1, 0.15) is 11.4 Å². The van der Waals surface area contributed by atoms with E-state index in [9.17, 15) is 15.2 Å².